The van der Waals surface area contributed by atoms with Crippen LogP contribution in [-0.4, -0.2) is 30.1 Å². The molecule has 0 saturated heterocycles. The Hall–Kier alpha value is -1.68. The Balaban J connectivity index is 3.08. The highest BCUT2D eigenvalue weighted by Crippen LogP contribution is 2.17. The molecule has 0 unspecified atom stereocenters. The lowest BCUT2D eigenvalue weighted by atomic mass is 10.2. The lowest BCUT2D eigenvalue weighted by Gasteiger charge is -2.23. The number of aromatic nitrogens is 2. The van der Waals surface area contributed by atoms with E-state index in [0.29, 0.717) is 0 Å². The zero-order valence-corrected chi connectivity index (χ0v) is 10.6. The Bertz CT molecular complexity index is 377. The summed E-state index contributed by atoms with van der Waals surface area (Å²) in [6.07, 6.45) is 5.60. The zero-order valence-electron chi connectivity index (χ0n) is 10.6. The SMILES string of the molecule is C=CCN(CC=C)c1nc(C)ncc1CNC. The molecule has 92 valence electrons. The molecule has 0 atom stereocenters. The van der Waals surface area contributed by atoms with E-state index in [0.717, 1.165) is 36.8 Å². The summed E-state index contributed by atoms with van der Waals surface area (Å²) in [7, 11) is 1.91. The molecule has 0 amide bonds. The van der Waals surface area contributed by atoms with E-state index in [1.807, 2.05) is 32.3 Å². The zero-order chi connectivity index (χ0) is 12.7. The summed E-state index contributed by atoms with van der Waals surface area (Å²) in [5.74, 6) is 1.73. The minimum absolute atomic E-state index is 0.749. The van der Waals surface area contributed by atoms with Gasteiger partial charge in [0.25, 0.3) is 0 Å². The van der Waals surface area contributed by atoms with Gasteiger partial charge in [-0.3, -0.25) is 0 Å². The van der Waals surface area contributed by atoms with Gasteiger partial charge in [0.1, 0.15) is 11.6 Å². The van der Waals surface area contributed by atoms with Crippen molar-refractivity contribution in [2.75, 3.05) is 25.0 Å². The standard InChI is InChI=1S/C13H20N4/c1-5-7-17(8-6-2)13-12(9-14-4)10-15-11(3)16-13/h5-6,10,14H,1-2,7-9H2,3-4H3. The summed E-state index contributed by atoms with van der Waals surface area (Å²) in [6, 6.07) is 0. The molecule has 0 aliphatic carbocycles. The van der Waals surface area contributed by atoms with Crippen LogP contribution in [0.2, 0.25) is 0 Å². The predicted molar refractivity (Wildman–Crippen MR) is 72.1 cm³/mol. The van der Waals surface area contributed by atoms with Crippen LogP contribution in [-0.2, 0) is 6.54 Å². The van der Waals surface area contributed by atoms with Gasteiger partial charge in [-0.2, -0.15) is 0 Å². The summed E-state index contributed by atoms with van der Waals surface area (Å²) in [4.78, 5) is 10.9. The van der Waals surface area contributed by atoms with Crippen LogP contribution in [0.25, 0.3) is 0 Å². The van der Waals surface area contributed by atoms with Crippen molar-refractivity contribution in [3.8, 4) is 0 Å². The van der Waals surface area contributed by atoms with E-state index < -0.39 is 0 Å². The van der Waals surface area contributed by atoms with Gasteiger partial charge in [-0.15, -0.1) is 13.2 Å². The van der Waals surface area contributed by atoms with E-state index in [9.17, 15) is 0 Å². The van der Waals surface area contributed by atoms with E-state index in [2.05, 4.69) is 33.3 Å². The average Bonchev–Trinajstić information content (AvgIpc) is 2.31. The molecule has 0 bridgehead atoms. The minimum Gasteiger partial charge on any atom is -0.349 e. The third-order valence-corrected chi connectivity index (χ3v) is 2.33. The molecule has 1 heterocycles. The van der Waals surface area contributed by atoms with Gasteiger partial charge in [-0.25, -0.2) is 9.97 Å². The average molecular weight is 232 g/mol. The number of nitrogens with one attached hydrogen (secondary N) is 1. The monoisotopic (exact) mass is 232 g/mol. The molecule has 0 fully saturated rings. The van der Waals surface area contributed by atoms with Crippen LogP contribution < -0.4 is 10.2 Å². The molecule has 17 heavy (non-hydrogen) atoms. The Morgan fingerprint density at radius 3 is 2.53 bits per heavy atom. The van der Waals surface area contributed by atoms with Crippen molar-refractivity contribution in [2.24, 2.45) is 0 Å². The van der Waals surface area contributed by atoms with Crippen molar-refractivity contribution >= 4 is 5.82 Å². The van der Waals surface area contributed by atoms with Crippen LogP contribution in [0.4, 0.5) is 5.82 Å². The van der Waals surface area contributed by atoms with Crippen molar-refractivity contribution in [1.82, 2.24) is 15.3 Å². The quantitative estimate of drug-likeness (QED) is 0.726. The smallest absolute Gasteiger partial charge is 0.137 e. The molecule has 0 aliphatic heterocycles. The molecule has 1 N–H and O–H groups in total. The summed E-state index contributed by atoms with van der Waals surface area (Å²) >= 11 is 0. The Morgan fingerprint density at radius 2 is 2.00 bits per heavy atom. The van der Waals surface area contributed by atoms with Crippen molar-refractivity contribution in [3.05, 3.63) is 42.9 Å². The van der Waals surface area contributed by atoms with Crippen LogP contribution in [0.1, 0.15) is 11.4 Å². The van der Waals surface area contributed by atoms with Crippen molar-refractivity contribution < 1.29 is 0 Å². The lowest BCUT2D eigenvalue weighted by molar-refractivity contribution is 0.785. The minimum atomic E-state index is 0.749. The maximum Gasteiger partial charge on any atom is 0.137 e. The van der Waals surface area contributed by atoms with Crippen LogP contribution in [0.5, 0.6) is 0 Å². The largest absolute Gasteiger partial charge is 0.349 e. The number of anilines is 1. The van der Waals surface area contributed by atoms with Gasteiger partial charge in [0.05, 0.1) is 0 Å². The number of aryl methyl sites for hydroxylation is 1. The third-order valence-electron chi connectivity index (χ3n) is 2.33. The fraction of sp³-hybridized carbons (Fsp3) is 0.385. The van der Waals surface area contributed by atoms with Gasteiger partial charge in [0, 0.05) is 31.4 Å². The first kappa shape index (κ1) is 13.4. The first-order valence-corrected chi connectivity index (χ1v) is 5.66. The van der Waals surface area contributed by atoms with Gasteiger partial charge in [-0.05, 0) is 14.0 Å². The molecule has 4 nitrogen and oxygen atoms in total. The van der Waals surface area contributed by atoms with Crippen LogP contribution >= 0.6 is 0 Å². The fourth-order valence-electron chi connectivity index (χ4n) is 1.63. The Kier molecular flexibility index (Phi) is 5.36. The van der Waals surface area contributed by atoms with Gasteiger partial charge < -0.3 is 10.2 Å². The second-order valence-corrected chi connectivity index (χ2v) is 3.78. The van der Waals surface area contributed by atoms with E-state index in [-0.39, 0.29) is 0 Å². The summed E-state index contributed by atoms with van der Waals surface area (Å²) in [5.41, 5.74) is 1.09. The predicted octanol–water partition coefficient (Wildman–Crippen LogP) is 1.68. The van der Waals surface area contributed by atoms with Crippen molar-refractivity contribution in [1.29, 1.82) is 0 Å². The van der Waals surface area contributed by atoms with E-state index in [4.69, 9.17) is 0 Å². The molecule has 0 spiro atoms. The third kappa shape index (κ3) is 3.67. The molecule has 0 radical (unpaired) electrons. The molecule has 1 aromatic rings. The van der Waals surface area contributed by atoms with Gasteiger partial charge >= 0.3 is 0 Å². The highest BCUT2D eigenvalue weighted by atomic mass is 15.2. The van der Waals surface area contributed by atoms with Crippen LogP contribution in [0.15, 0.2) is 31.5 Å². The molecule has 0 saturated carbocycles. The number of hydrogen-bond donors (Lipinski definition) is 1. The first-order valence-electron chi connectivity index (χ1n) is 5.66. The maximum atomic E-state index is 4.51. The second kappa shape index (κ2) is 6.81. The molecule has 1 aromatic heterocycles. The molecule has 4 heteroatoms. The number of rotatable bonds is 7. The molecular weight excluding hydrogens is 212 g/mol. The van der Waals surface area contributed by atoms with Gasteiger partial charge in [0.15, 0.2) is 0 Å². The Morgan fingerprint density at radius 1 is 1.35 bits per heavy atom. The molecule has 1 rings (SSSR count). The lowest BCUT2D eigenvalue weighted by Crippen LogP contribution is -2.27. The summed E-state index contributed by atoms with van der Waals surface area (Å²) in [6.45, 7) is 11.7. The second-order valence-electron chi connectivity index (χ2n) is 3.78. The van der Waals surface area contributed by atoms with Gasteiger partial charge in [0.2, 0.25) is 0 Å². The first-order chi connectivity index (χ1) is 8.22. The summed E-state index contributed by atoms with van der Waals surface area (Å²) < 4.78 is 0. The molecule has 0 aliphatic rings. The van der Waals surface area contributed by atoms with Gasteiger partial charge in [-0.1, -0.05) is 12.2 Å². The maximum absolute atomic E-state index is 4.51. The highest BCUT2D eigenvalue weighted by Gasteiger charge is 2.11. The topological polar surface area (TPSA) is 41.1 Å². The van der Waals surface area contributed by atoms with Crippen LogP contribution in [0, 0.1) is 6.92 Å². The van der Waals surface area contributed by atoms with Crippen LogP contribution in [0.3, 0.4) is 0 Å². The van der Waals surface area contributed by atoms with Crippen molar-refractivity contribution in [2.45, 2.75) is 13.5 Å². The van der Waals surface area contributed by atoms with E-state index >= 15 is 0 Å². The Labute approximate surface area is 103 Å². The number of hydrogen-bond acceptors (Lipinski definition) is 4. The van der Waals surface area contributed by atoms with E-state index in [1.165, 1.54) is 0 Å². The summed E-state index contributed by atoms with van der Waals surface area (Å²) in [5, 5.41) is 3.12. The molecular formula is C13H20N4. The highest BCUT2D eigenvalue weighted by molar-refractivity contribution is 5.47. The number of nitrogens with zero attached hydrogens (tertiary/aromatic N) is 3. The normalized spacial score (nSPS) is 10.0. The van der Waals surface area contributed by atoms with E-state index in [1.54, 1.807) is 0 Å². The molecule has 0 aromatic carbocycles. The fourth-order valence-corrected chi connectivity index (χ4v) is 1.63. The van der Waals surface area contributed by atoms with Crippen molar-refractivity contribution in [3.63, 3.8) is 0 Å².